The summed E-state index contributed by atoms with van der Waals surface area (Å²) in [6.45, 7) is 6.96. The number of anilines is 1. The molecule has 0 bridgehead atoms. The highest BCUT2D eigenvalue weighted by atomic mass is 79.9. The zero-order chi connectivity index (χ0) is 17.0. The number of nitrogens with two attached hydrogens (primary N) is 1. The summed E-state index contributed by atoms with van der Waals surface area (Å²) >= 11 is 3.37. The van der Waals surface area contributed by atoms with Gasteiger partial charge in [-0.1, -0.05) is 11.8 Å². The third-order valence-corrected chi connectivity index (χ3v) is 3.88. The van der Waals surface area contributed by atoms with Crippen molar-refractivity contribution >= 4 is 27.8 Å². The summed E-state index contributed by atoms with van der Waals surface area (Å²) in [6.07, 6.45) is 3.09. The van der Waals surface area contributed by atoms with Crippen molar-refractivity contribution in [3.8, 4) is 11.8 Å². The minimum Gasteiger partial charge on any atom is -0.444 e. The molecular weight excluding hydrogens is 358 g/mol. The minimum atomic E-state index is -0.459. The summed E-state index contributed by atoms with van der Waals surface area (Å²) in [5.74, 6) is 7.04. The first kappa shape index (κ1) is 17.6. The maximum absolute atomic E-state index is 12.0. The average molecular weight is 380 g/mol. The van der Waals surface area contributed by atoms with E-state index in [9.17, 15) is 4.79 Å². The maximum atomic E-state index is 12.0. The molecule has 1 fully saturated rings. The first-order chi connectivity index (χ1) is 10.7. The fourth-order valence-electron chi connectivity index (χ4n) is 2.26. The van der Waals surface area contributed by atoms with Crippen LogP contribution in [0.1, 0.15) is 39.2 Å². The van der Waals surface area contributed by atoms with Crippen molar-refractivity contribution in [3.63, 3.8) is 0 Å². The standard InChI is InChI=1S/C17H22BrN3O2/c1-17(2,3)23-16(22)21-8-6-12(7-9-21)4-5-13-10-14(18)11-20-15(13)19/h10-12H,6-9H2,1-3H3,(H2,19,20). The molecule has 1 aromatic heterocycles. The number of ether oxygens (including phenoxy) is 1. The van der Waals surface area contributed by atoms with Crippen LogP contribution in [0.3, 0.4) is 0 Å². The monoisotopic (exact) mass is 379 g/mol. The number of nitrogen functional groups attached to an aromatic ring is 1. The molecule has 1 aromatic rings. The number of aromatic nitrogens is 1. The zero-order valence-electron chi connectivity index (χ0n) is 13.7. The van der Waals surface area contributed by atoms with E-state index in [2.05, 4.69) is 32.8 Å². The molecule has 6 heteroatoms. The van der Waals surface area contributed by atoms with Crippen LogP contribution in [0.4, 0.5) is 10.6 Å². The van der Waals surface area contributed by atoms with Crippen molar-refractivity contribution < 1.29 is 9.53 Å². The number of likely N-dealkylation sites (tertiary alicyclic amines) is 1. The lowest BCUT2D eigenvalue weighted by Gasteiger charge is -2.31. The molecule has 0 saturated carbocycles. The number of halogens is 1. The number of amides is 1. The van der Waals surface area contributed by atoms with Crippen LogP contribution in [-0.4, -0.2) is 34.7 Å². The molecule has 0 atom stereocenters. The van der Waals surface area contributed by atoms with E-state index in [0.29, 0.717) is 18.9 Å². The lowest BCUT2D eigenvalue weighted by molar-refractivity contribution is 0.0199. The van der Waals surface area contributed by atoms with E-state index < -0.39 is 5.60 Å². The zero-order valence-corrected chi connectivity index (χ0v) is 15.3. The van der Waals surface area contributed by atoms with Gasteiger partial charge in [0.25, 0.3) is 0 Å². The van der Waals surface area contributed by atoms with Crippen molar-refractivity contribution in [3.05, 3.63) is 22.3 Å². The van der Waals surface area contributed by atoms with Gasteiger partial charge < -0.3 is 15.4 Å². The highest BCUT2D eigenvalue weighted by molar-refractivity contribution is 9.10. The van der Waals surface area contributed by atoms with Crippen molar-refractivity contribution in [2.45, 2.75) is 39.2 Å². The number of carbonyl (C=O) groups excluding carboxylic acids is 1. The van der Waals surface area contributed by atoms with Crippen LogP contribution in [0, 0.1) is 17.8 Å². The Kier molecular flexibility index (Phi) is 5.53. The third-order valence-electron chi connectivity index (χ3n) is 3.44. The Labute approximate surface area is 145 Å². The minimum absolute atomic E-state index is 0.246. The van der Waals surface area contributed by atoms with Crippen LogP contribution in [0.2, 0.25) is 0 Å². The molecule has 0 unspecified atom stereocenters. The highest BCUT2D eigenvalue weighted by Crippen LogP contribution is 2.20. The SMILES string of the molecule is CC(C)(C)OC(=O)N1CCC(C#Cc2cc(Br)cnc2N)CC1. The highest BCUT2D eigenvalue weighted by Gasteiger charge is 2.26. The second-order valence-electron chi connectivity index (χ2n) is 6.60. The number of hydrogen-bond donors (Lipinski definition) is 1. The summed E-state index contributed by atoms with van der Waals surface area (Å²) in [6, 6.07) is 1.87. The van der Waals surface area contributed by atoms with Crippen LogP contribution in [0.25, 0.3) is 0 Å². The number of nitrogens with zero attached hydrogens (tertiary/aromatic N) is 2. The molecule has 1 amide bonds. The Morgan fingerprint density at radius 1 is 1.43 bits per heavy atom. The van der Waals surface area contributed by atoms with Crippen LogP contribution >= 0.6 is 15.9 Å². The molecular formula is C17H22BrN3O2. The van der Waals surface area contributed by atoms with E-state index in [1.165, 1.54) is 0 Å². The van der Waals surface area contributed by atoms with Crippen LogP contribution in [0.15, 0.2) is 16.7 Å². The van der Waals surface area contributed by atoms with Crippen molar-refractivity contribution in [1.29, 1.82) is 0 Å². The van der Waals surface area contributed by atoms with Gasteiger partial charge in [-0.05, 0) is 55.6 Å². The van der Waals surface area contributed by atoms with Gasteiger partial charge in [0.05, 0.1) is 5.56 Å². The number of hydrogen-bond acceptors (Lipinski definition) is 4. The van der Waals surface area contributed by atoms with Gasteiger partial charge in [0, 0.05) is 29.7 Å². The van der Waals surface area contributed by atoms with E-state index in [1.807, 2.05) is 26.8 Å². The largest absolute Gasteiger partial charge is 0.444 e. The van der Waals surface area contributed by atoms with Gasteiger partial charge >= 0.3 is 6.09 Å². The Morgan fingerprint density at radius 3 is 2.70 bits per heavy atom. The molecule has 1 aliphatic heterocycles. The first-order valence-electron chi connectivity index (χ1n) is 7.65. The molecule has 23 heavy (non-hydrogen) atoms. The molecule has 1 aliphatic rings. The fraction of sp³-hybridized carbons (Fsp3) is 0.529. The van der Waals surface area contributed by atoms with E-state index in [-0.39, 0.29) is 12.0 Å². The molecule has 0 aliphatic carbocycles. The van der Waals surface area contributed by atoms with E-state index in [1.54, 1.807) is 11.1 Å². The van der Waals surface area contributed by atoms with Gasteiger partial charge in [0.2, 0.25) is 0 Å². The Balaban J connectivity index is 1.92. The summed E-state index contributed by atoms with van der Waals surface area (Å²) in [7, 11) is 0. The summed E-state index contributed by atoms with van der Waals surface area (Å²) < 4.78 is 6.25. The van der Waals surface area contributed by atoms with Gasteiger partial charge in [-0.25, -0.2) is 9.78 Å². The molecule has 0 aromatic carbocycles. The molecule has 2 N–H and O–H groups in total. The smallest absolute Gasteiger partial charge is 0.410 e. The summed E-state index contributed by atoms with van der Waals surface area (Å²) in [4.78, 5) is 17.8. The van der Waals surface area contributed by atoms with E-state index in [4.69, 9.17) is 10.5 Å². The van der Waals surface area contributed by atoms with Crippen LogP contribution in [-0.2, 0) is 4.74 Å². The lowest BCUT2D eigenvalue weighted by Crippen LogP contribution is -2.41. The van der Waals surface area contributed by atoms with Gasteiger partial charge in [-0.15, -0.1) is 0 Å². The predicted molar refractivity (Wildman–Crippen MR) is 93.8 cm³/mol. The second kappa shape index (κ2) is 7.22. The number of pyridine rings is 1. The van der Waals surface area contributed by atoms with Gasteiger partial charge in [0.15, 0.2) is 0 Å². The molecule has 1 saturated heterocycles. The number of rotatable bonds is 0. The molecule has 124 valence electrons. The van der Waals surface area contributed by atoms with Gasteiger partial charge in [-0.2, -0.15) is 0 Å². The second-order valence-corrected chi connectivity index (χ2v) is 7.51. The first-order valence-corrected chi connectivity index (χ1v) is 8.44. The summed E-state index contributed by atoms with van der Waals surface area (Å²) in [5, 5.41) is 0. The van der Waals surface area contributed by atoms with Gasteiger partial charge in [0.1, 0.15) is 11.4 Å². The Hall–Kier alpha value is -1.74. The van der Waals surface area contributed by atoms with Crippen molar-refractivity contribution in [2.24, 2.45) is 5.92 Å². The van der Waals surface area contributed by atoms with E-state index in [0.717, 1.165) is 22.9 Å². The molecule has 5 nitrogen and oxygen atoms in total. The molecule has 0 spiro atoms. The summed E-state index contributed by atoms with van der Waals surface area (Å²) in [5.41, 5.74) is 6.09. The van der Waals surface area contributed by atoms with Crippen LogP contribution in [0.5, 0.6) is 0 Å². The van der Waals surface area contributed by atoms with Crippen molar-refractivity contribution in [1.82, 2.24) is 9.88 Å². The lowest BCUT2D eigenvalue weighted by atomic mass is 9.97. The molecule has 2 rings (SSSR count). The molecule has 2 heterocycles. The quantitative estimate of drug-likeness (QED) is 0.701. The predicted octanol–water partition coefficient (Wildman–Crippen LogP) is 3.42. The maximum Gasteiger partial charge on any atom is 0.410 e. The fourth-order valence-corrected chi connectivity index (χ4v) is 2.59. The normalized spacial score (nSPS) is 15.7. The topological polar surface area (TPSA) is 68.5 Å². The Morgan fingerprint density at radius 2 is 2.09 bits per heavy atom. The average Bonchev–Trinajstić information content (AvgIpc) is 2.47. The van der Waals surface area contributed by atoms with E-state index >= 15 is 0 Å². The van der Waals surface area contributed by atoms with Crippen molar-refractivity contribution in [2.75, 3.05) is 18.8 Å². The Bertz CT molecular complexity index is 635. The van der Waals surface area contributed by atoms with Crippen LogP contribution < -0.4 is 5.73 Å². The number of piperidine rings is 1. The van der Waals surface area contributed by atoms with Gasteiger partial charge in [-0.3, -0.25) is 0 Å². The molecule has 0 radical (unpaired) electrons. The third kappa shape index (κ3) is 5.43. The number of carbonyl (C=O) groups is 1.